The van der Waals surface area contributed by atoms with E-state index >= 15 is 0 Å². The summed E-state index contributed by atoms with van der Waals surface area (Å²) in [5, 5.41) is 0. The standard InChI is InChI=1S/C12H17N5O3/c1-3-12(19-4-5-20-12)6-18-10-8-9(15-7-14-8)17(2)11(13)16-10/h7H,3-6H2,1-2H3,(H2,13,14,15,16)/p+1. The molecule has 3 heterocycles. The Hall–Kier alpha value is -1.93. The third-order valence-electron chi connectivity index (χ3n) is 3.49. The van der Waals surface area contributed by atoms with Crippen LogP contribution >= 0.6 is 0 Å². The van der Waals surface area contributed by atoms with Gasteiger partial charge in [-0.05, 0) is 0 Å². The number of nitrogens with two attached hydrogens (primary N) is 1. The van der Waals surface area contributed by atoms with Crippen molar-refractivity contribution in [1.82, 2.24) is 15.0 Å². The molecule has 20 heavy (non-hydrogen) atoms. The van der Waals surface area contributed by atoms with Crippen molar-refractivity contribution in [3.05, 3.63) is 6.33 Å². The highest BCUT2D eigenvalue weighted by Gasteiger charge is 2.36. The molecule has 3 rings (SSSR count). The molecule has 0 atom stereocenters. The summed E-state index contributed by atoms with van der Waals surface area (Å²) in [7, 11) is 1.80. The first-order valence-electron chi connectivity index (χ1n) is 6.54. The monoisotopic (exact) mass is 280 g/mol. The third-order valence-corrected chi connectivity index (χ3v) is 3.49. The summed E-state index contributed by atoms with van der Waals surface area (Å²) < 4.78 is 18.7. The largest absolute Gasteiger partial charge is 0.461 e. The van der Waals surface area contributed by atoms with Gasteiger partial charge >= 0.3 is 11.8 Å². The number of aromatic amines is 1. The molecule has 0 spiro atoms. The molecule has 0 aliphatic carbocycles. The second kappa shape index (κ2) is 4.88. The minimum absolute atomic E-state index is 0.262. The van der Waals surface area contributed by atoms with Crippen molar-refractivity contribution < 1.29 is 18.8 Å². The number of imidazole rings is 1. The quantitative estimate of drug-likeness (QED) is 0.759. The Morgan fingerprint density at radius 1 is 1.50 bits per heavy atom. The van der Waals surface area contributed by atoms with Crippen molar-refractivity contribution in [3.8, 4) is 5.88 Å². The van der Waals surface area contributed by atoms with Crippen LogP contribution in [0.2, 0.25) is 0 Å². The fourth-order valence-corrected chi connectivity index (χ4v) is 2.21. The molecule has 3 N–H and O–H groups in total. The number of aryl methyl sites for hydroxylation is 1. The number of H-pyrrole nitrogens is 1. The SMILES string of the molecule is CCC1(COc2nc(N)[n+](C)c3nc[nH]c23)OCCO1. The molecule has 1 fully saturated rings. The molecule has 1 aliphatic rings. The minimum atomic E-state index is -0.694. The number of hydrogen-bond acceptors (Lipinski definition) is 6. The first kappa shape index (κ1) is 13.1. The minimum Gasteiger partial charge on any atom is -0.461 e. The van der Waals surface area contributed by atoms with Gasteiger partial charge in [-0.15, -0.1) is 4.98 Å². The Morgan fingerprint density at radius 2 is 2.25 bits per heavy atom. The molecule has 2 aromatic heterocycles. The molecular weight excluding hydrogens is 262 g/mol. The maximum absolute atomic E-state index is 5.85. The van der Waals surface area contributed by atoms with Gasteiger partial charge in [0.15, 0.2) is 11.8 Å². The van der Waals surface area contributed by atoms with Crippen LogP contribution in [0.3, 0.4) is 0 Å². The van der Waals surface area contributed by atoms with Gasteiger partial charge in [0.25, 0.3) is 5.65 Å². The molecule has 108 valence electrons. The average Bonchev–Trinajstić information content (AvgIpc) is 3.11. The van der Waals surface area contributed by atoms with Crippen molar-refractivity contribution in [3.63, 3.8) is 0 Å². The number of rotatable bonds is 4. The van der Waals surface area contributed by atoms with Crippen LogP contribution in [0.4, 0.5) is 5.95 Å². The lowest BCUT2D eigenvalue weighted by Gasteiger charge is -2.24. The van der Waals surface area contributed by atoms with E-state index in [2.05, 4.69) is 15.0 Å². The number of nitrogens with one attached hydrogen (secondary N) is 1. The Kier molecular flexibility index (Phi) is 3.19. The summed E-state index contributed by atoms with van der Waals surface area (Å²) >= 11 is 0. The Morgan fingerprint density at radius 3 is 2.95 bits per heavy atom. The van der Waals surface area contributed by atoms with Gasteiger partial charge in [-0.3, -0.25) is 0 Å². The Bertz CT molecular complexity index is 621. The number of hydrogen-bond donors (Lipinski definition) is 2. The maximum atomic E-state index is 5.85. The summed E-state index contributed by atoms with van der Waals surface area (Å²) in [6.45, 7) is 3.41. The third kappa shape index (κ3) is 2.06. The van der Waals surface area contributed by atoms with Crippen LogP contribution in [-0.4, -0.2) is 40.6 Å². The van der Waals surface area contributed by atoms with Gasteiger partial charge in [0.2, 0.25) is 5.79 Å². The molecule has 0 bridgehead atoms. The van der Waals surface area contributed by atoms with E-state index in [0.29, 0.717) is 42.6 Å². The fraction of sp³-hybridized carbons (Fsp3) is 0.583. The molecule has 8 heteroatoms. The zero-order valence-electron chi connectivity index (χ0n) is 11.5. The van der Waals surface area contributed by atoms with E-state index in [1.807, 2.05) is 6.92 Å². The lowest BCUT2D eigenvalue weighted by Crippen LogP contribution is -2.38. The number of fused-ring (bicyclic) bond motifs is 1. The van der Waals surface area contributed by atoms with Crippen LogP contribution in [-0.2, 0) is 16.5 Å². The van der Waals surface area contributed by atoms with E-state index in [0.717, 1.165) is 0 Å². The molecule has 1 aliphatic heterocycles. The summed E-state index contributed by atoms with van der Waals surface area (Å²) in [6, 6.07) is 0. The summed E-state index contributed by atoms with van der Waals surface area (Å²) in [4.78, 5) is 11.4. The van der Waals surface area contributed by atoms with Crippen LogP contribution in [0, 0.1) is 0 Å². The molecule has 0 amide bonds. The van der Waals surface area contributed by atoms with Gasteiger partial charge in [0.05, 0.1) is 20.3 Å². The Labute approximate surface area is 115 Å². The lowest BCUT2D eigenvalue weighted by atomic mass is 10.2. The van der Waals surface area contributed by atoms with Gasteiger partial charge < -0.3 is 24.9 Å². The number of nitrogens with zero attached hydrogens (tertiary/aromatic N) is 3. The normalized spacial score (nSPS) is 17.7. The smallest absolute Gasteiger partial charge is 0.348 e. The predicted molar refractivity (Wildman–Crippen MR) is 69.9 cm³/mol. The molecule has 0 saturated carbocycles. The molecule has 0 unspecified atom stereocenters. The van der Waals surface area contributed by atoms with E-state index < -0.39 is 5.79 Å². The molecule has 1 saturated heterocycles. The zero-order chi connectivity index (χ0) is 14.2. The highest BCUT2D eigenvalue weighted by Crippen LogP contribution is 2.26. The summed E-state index contributed by atoms with van der Waals surface area (Å²) in [5.74, 6) is 0.0410. The highest BCUT2D eigenvalue weighted by atomic mass is 16.8. The predicted octanol–water partition coefficient (Wildman–Crippen LogP) is -0.103. The van der Waals surface area contributed by atoms with Crippen molar-refractivity contribution in [2.45, 2.75) is 19.1 Å². The van der Waals surface area contributed by atoms with Gasteiger partial charge in [-0.2, -0.15) is 0 Å². The number of ether oxygens (including phenoxy) is 3. The van der Waals surface area contributed by atoms with E-state index in [1.54, 1.807) is 17.9 Å². The second-order valence-electron chi connectivity index (χ2n) is 4.69. The molecule has 0 radical (unpaired) electrons. The summed E-state index contributed by atoms with van der Waals surface area (Å²) in [5.41, 5.74) is 7.24. The van der Waals surface area contributed by atoms with Crippen molar-refractivity contribution >= 4 is 17.1 Å². The topological polar surface area (TPSA) is 99.2 Å². The van der Waals surface area contributed by atoms with Crippen LogP contribution in [0.1, 0.15) is 13.3 Å². The average molecular weight is 280 g/mol. The lowest BCUT2D eigenvalue weighted by molar-refractivity contribution is -0.634. The highest BCUT2D eigenvalue weighted by molar-refractivity contribution is 5.73. The maximum Gasteiger partial charge on any atom is 0.348 e. The van der Waals surface area contributed by atoms with Crippen LogP contribution < -0.4 is 15.0 Å². The van der Waals surface area contributed by atoms with Gasteiger partial charge in [0, 0.05) is 6.42 Å². The fourth-order valence-electron chi connectivity index (χ4n) is 2.21. The van der Waals surface area contributed by atoms with Crippen molar-refractivity contribution in [2.24, 2.45) is 7.05 Å². The van der Waals surface area contributed by atoms with Gasteiger partial charge in [-0.25, -0.2) is 4.57 Å². The van der Waals surface area contributed by atoms with E-state index in [-0.39, 0.29) is 6.61 Å². The van der Waals surface area contributed by atoms with Gasteiger partial charge in [-0.1, -0.05) is 11.9 Å². The van der Waals surface area contributed by atoms with Crippen LogP contribution in [0.5, 0.6) is 5.88 Å². The Balaban J connectivity index is 1.87. The first-order valence-corrected chi connectivity index (χ1v) is 6.54. The molecular formula is C12H18N5O3+. The molecule has 0 aromatic carbocycles. The van der Waals surface area contributed by atoms with Crippen LogP contribution in [0.25, 0.3) is 11.2 Å². The second-order valence-corrected chi connectivity index (χ2v) is 4.69. The van der Waals surface area contributed by atoms with Crippen LogP contribution in [0.15, 0.2) is 6.33 Å². The zero-order valence-corrected chi connectivity index (χ0v) is 11.5. The molecule has 8 nitrogen and oxygen atoms in total. The first-order chi connectivity index (χ1) is 9.65. The van der Waals surface area contributed by atoms with Crippen molar-refractivity contribution in [2.75, 3.05) is 25.6 Å². The van der Waals surface area contributed by atoms with E-state index in [9.17, 15) is 0 Å². The van der Waals surface area contributed by atoms with E-state index in [4.69, 9.17) is 19.9 Å². The number of anilines is 1. The van der Waals surface area contributed by atoms with E-state index in [1.165, 1.54) is 0 Å². The van der Waals surface area contributed by atoms with Gasteiger partial charge in [0.1, 0.15) is 6.61 Å². The van der Waals surface area contributed by atoms with Crippen molar-refractivity contribution in [1.29, 1.82) is 0 Å². The number of nitrogen functional groups attached to an aromatic ring is 1. The molecule has 2 aromatic rings. The summed E-state index contributed by atoms with van der Waals surface area (Å²) in [6.07, 6.45) is 2.28. The number of aromatic nitrogens is 4.